The van der Waals surface area contributed by atoms with Crippen molar-refractivity contribution in [2.24, 2.45) is 0 Å². The van der Waals surface area contributed by atoms with Crippen molar-refractivity contribution in [1.29, 1.82) is 0 Å². The maximum atomic E-state index is 13.1. The van der Waals surface area contributed by atoms with Crippen LogP contribution >= 0.6 is 0 Å². The average molecular weight is 385 g/mol. The Morgan fingerprint density at radius 1 is 1.03 bits per heavy atom. The number of para-hydroxylation sites is 1. The van der Waals surface area contributed by atoms with E-state index in [1.807, 2.05) is 61.5 Å². The summed E-state index contributed by atoms with van der Waals surface area (Å²) >= 11 is 0. The molecule has 0 aliphatic rings. The minimum Gasteiger partial charge on any atom is -0.345 e. The van der Waals surface area contributed by atoms with Crippen LogP contribution < -0.4 is 5.32 Å². The van der Waals surface area contributed by atoms with E-state index in [1.165, 1.54) is 6.33 Å². The van der Waals surface area contributed by atoms with Gasteiger partial charge in [0, 0.05) is 11.1 Å². The molecule has 1 amide bonds. The quantitative estimate of drug-likeness (QED) is 0.552. The zero-order chi connectivity index (χ0) is 20.4. The Labute approximate surface area is 169 Å². The Bertz CT molecular complexity index is 1130. The number of nitrogens with one attached hydrogen (secondary N) is 1. The smallest absolute Gasteiger partial charge is 0.252 e. The monoisotopic (exact) mass is 385 g/mol. The molecule has 2 aromatic heterocycles. The van der Waals surface area contributed by atoms with Gasteiger partial charge in [-0.15, -0.1) is 0 Å². The summed E-state index contributed by atoms with van der Waals surface area (Å²) in [5, 5.41) is 8.12. The summed E-state index contributed by atoms with van der Waals surface area (Å²) in [7, 11) is 0. The molecule has 29 heavy (non-hydrogen) atoms. The van der Waals surface area contributed by atoms with E-state index < -0.39 is 0 Å². The minimum absolute atomic E-state index is 0.0987. The van der Waals surface area contributed by atoms with Crippen LogP contribution in [0, 0.1) is 0 Å². The molecular weight excluding hydrogens is 362 g/mol. The lowest BCUT2D eigenvalue weighted by molar-refractivity contribution is 0.0941. The third-order valence-corrected chi connectivity index (χ3v) is 5.00. The number of hydrogen-bond acceptors (Lipinski definition) is 4. The highest BCUT2D eigenvalue weighted by Gasteiger charge is 2.17. The van der Waals surface area contributed by atoms with Crippen molar-refractivity contribution in [2.45, 2.75) is 32.7 Å². The Balaban J connectivity index is 1.59. The zero-order valence-electron chi connectivity index (χ0n) is 16.7. The molecule has 2 aromatic carbocycles. The fourth-order valence-corrected chi connectivity index (χ4v) is 3.29. The molecule has 0 saturated heterocycles. The standard InChI is InChI=1S/C23H23N5O/c1-15(2)22-12-20(19-6-4-5-7-21(19)27-22)23(29)26-16(3)17-8-10-18(11-9-17)28-14-24-13-25-28/h4-16H,1-3H3,(H,26,29). The van der Waals surface area contributed by atoms with E-state index in [9.17, 15) is 4.79 Å². The number of amides is 1. The van der Waals surface area contributed by atoms with Gasteiger partial charge in [-0.3, -0.25) is 9.78 Å². The number of aromatic nitrogens is 4. The maximum Gasteiger partial charge on any atom is 0.252 e. The van der Waals surface area contributed by atoms with E-state index in [4.69, 9.17) is 4.98 Å². The summed E-state index contributed by atoms with van der Waals surface area (Å²) in [6, 6.07) is 17.4. The topological polar surface area (TPSA) is 72.7 Å². The van der Waals surface area contributed by atoms with Gasteiger partial charge in [-0.05, 0) is 42.7 Å². The molecule has 0 aliphatic heterocycles. The van der Waals surface area contributed by atoms with Crippen LogP contribution in [-0.4, -0.2) is 25.7 Å². The fraction of sp³-hybridized carbons (Fsp3) is 0.217. The number of carbonyl (C=O) groups excluding carboxylic acids is 1. The summed E-state index contributed by atoms with van der Waals surface area (Å²) in [6.07, 6.45) is 3.16. The number of nitrogens with zero attached hydrogens (tertiary/aromatic N) is 4. The largest absolute Gasteiger partial charge is 0.345 e. The van der Waals surface area contributed by atoms with Gasteiger partial charge in [-0.1, -0.05) is 44.2 Å². The van der Waals surface area contributed by atoms with Crippen LogP contribution in [0.25, 0.3) is 16.6 Å². The molecule has 6 heteroatoms. The van der Waals surface area contributed by atoms with Crippen LogP contribution in [0.5, 0.6) is 0 Å². The van der Waals surface area contributed by atoms with E-state index in [-0.39, 0.29) is 17.9 Å². The second kappa shape index (κ2) is 7.83. The molecule has 6 nitrogen and oxygen atoms in total. The van der Waals surface area contributed by atoms with Crippen molar-refractivity contribution < 1.29 is 4.79 Å². The lowest BCUT2D eigenvalue weighted by Gasteiger charge is -2.17. The van der Waals surface area contributed by atoms with E-state index in [0.717, 1.165) is 27.8 Å². The van der Waals surface area contributed by atoms with Crippen molar-refractivity contribution >= 4 is 16.8 Å². The SMILES string of the molecule is CC(C)c1cc(C(=O)NC(C)c2ccc(-n3cncn3)cc2)c2ccccc2n1. The normalized spacial score (nSPS) is 12.3. The lowest BCUT2D eigenvalue weighted by atomic mass is 10.0. The number of hydrogen-bond donors (Lipinski definition) is 1. The first kappa shape index (κ1) is 18.8. The van der Waals surface area contributed by atoms with E-state index in [2.05, 4.69) is 29.2 Å². The summed E-state index contributed by atoms with van der Waals surface area (Å²) in [5.41, 5.74) is 4.36. The Kier molecular flexibility index (Phi) is 5.08. The molecule has 0 aliphatic carbocycles. The number of rotatable bonds is 5. The van der Waals surface area contributed by atoms with Gasteiger partial charge < -0.3 is 5.32 Å². The molecule has 0 saturated carbocycles. The number of benzene rings is 2. The summed E-state index contributed by atoms with van der Waals surface area (Å²) < 4.78 is 1.70. The predicted octanol–water partition coefficient (Wildman–Crippen LogP) is 4.43. The van der Waals surface area contributed by atoms with Crippen LogP contribution in [0.4, 0.5) is 0 Å². The van der Waals surface area contributed by atoms with Gasteiger partial charge in [0.25, 0.3) is 5.91 Å². The van der Waals surface area contributed by atoms with Gasteiger partial charge in [-0.25, -0.2) is 9.67 Å². The average Bonchev–Trinajstić information content (AvgIpc) is 3.27. The van der Waals surface area contributed by atoms with Crippen LogP contribution in [0.15, 0.2) is 67.3 Å². The molecule has 1 unspecified atom stereocenters. The van der Waals surface area contributed by atoms with Gasteiger partial charge in [-0.2, -0.15) is 5.10 Å². The molecule has 0 spiro atoms. The molecule has 0 bridgehead atoms. The van der Waals surface area contributed by atoms with Crippen LogP contribution in [0.2, 0.25) is 0 Å². The molecule has 1 atom stereocenters. The number of carbonyl (C=O) groups is 1. The Morgan fingerprint density at radius 3 is 2.48 bits per heavy atom. The Hall–Kier alpha value is -3.54. The number of pyridine rings is 1. The molecule has 1 N–H and O–H groups in total. The minimum atomic E-state index is -0.137. The van der Waals surface area contributed by atoms with E-state index in [1.54, 1.807) is 11.0 Å². The first-order chi connectivity index (χ1) is 14.0. The van der Waals surface area contributed by atoms with Crippen LogP contribution in [0.3, 0.4) is 0 Å². The van der Waals surface area contributed by atoms with Gasteiger partial charge in [0.2, 0.25) is 0 Å². The maximum absolute atomic E-state index is 13.1. The lowest BCUT2D eigenvalue weighted by Crippen LogP contribution is -2.27. The second-order valence-electron chi connectivity index (χ2n) is 7.39. The van der Waals surface area contributed by atoms with Crippen molar-refractivity contribution in [2.75, 3.05) is 0 Å². The highest BCUT2D eigenvalue weighted by Crippen LogP contribution is 2.23. The number of fused-ring (bicyclic) bond motifs is 1. The van der Waals surface area contributed by atoms with E-state index >= 15 is 0 Å². The van der Waals surface area contributed by atoms with Crippen molar-refractivity contribution in [3.05, 3.63) is 84.1 Å². The summed E-state index contributed by atoms with van der Waals surface area (Å²) in [4.78, 5) is 21.8. The van der Waals surface area contributed by atoms with Gasteiger partial charge in [0.1, 0.15) is 12.7 Å². The van der Waals surface area contributed by atoms with E-state index in [0.29, 0.717) is 5.56 Å². The third-order valence-electron chi connectivity index (χ3n) is 5.00. The van der Waals surface area contributed by atoms with Crippen LogP contribution in [-0.2, 0) is 0 Å². The summed E-state index contributed by atoms with van der Waals surface area (Å²) in [6.45, 7) is 6.14. The van der Waals surface area contributed by atoms with Gasteiger partial charge in [0.15, 0.2) is 0 Å². The highest BCUT2D eigenvalue weighted by molar-refractivity contribution is 6.06. The predicted molar refractivity (Wildman–Crippen MR) is 113 cm³/mol. The van der Waals surface area contributed by atoms with Gasteiger partial charge >= 0.3 is 0 Å². The van der Waals surface area contributed by atoms with Crippen molar-refractivity contribution in [1.82, 2.24) is 25.1 Å². The molecule has 4 rings (SSSR count). The van der Waals surface area contributed by atoms with Crippen molar-refractivity contribution in [3.63, 3.8) is 0 Å². The molecule has 2 heterocycles. The molecule has 146 valence electrons. The highest BCUT2D eigenvalue weighted by atomic mass is 16.1. The van der Waals surface area contributed by atoms with Crippen molar-refractivity contribution in [3.8, 4) is 5.69 Å². The first-order valence-electron chi connectivity index (χ1n) is 9.68. The Morgan fingerprint density at radius 2 is 1.79 bits per heavy atom. The van der Waals surface area contributed by atoms with Crippen LogP contribution in [0.1, 0.15) is 54.3 Å². The second-order valence-corrected chi connectivity index (χ2v) is 7.39. The fourth-order valence-electron chi connectivity index (χ4n) is 3.29. The molecular formula is C23H23N5O. The molecule has 0 radical (unpaired) electrons. The summed E-state index contributed by atoms with van der Waals surface area (Å²) in [5.74, 6) is 0.145. The zero-order valence-corrected chi connectivity index (χ0v) is 16.7. The van der Waals surface area contributed by atoms with Gasteiger partial charge in [0.05, 0.1) is 22.8 Å². The molecule has 0 fully saturated rings. The third kappa shape index (κ3) is 3.87. The first-order valence-corrected chi connectivity index (χ1v) is 9.68. The molecule has 4 aromatic rings.